The third-order valence-corrected chi connectivity index (χ3v) is 3.81. The molecule has 0 fully saturated rings. The molecule has 0 saturated carbocycles. The molecule has 2 rings (SSSR count). The van der Waals surface area contributed by atoms with Gasteiger partial charge in [0.1, 0.15) is 10.0 Å². The molecule has 2 heterocycles. The smallest absolute Gasteiger partial charge is 0.267 e. The number of ether oxygens (including phenoxy) is 1. The molecule has 2 aromatic rings. The van der Waals surface area contributed by atoms with Crippen molar-refractivity contribution in [1.29, 1.82) is 0 Å². The fraction of sp³-hybridized carbons (Fsp3) is 0.222. The normalized spacial score (nSPS) is 11.3. The maximum absolute atomic E-state index is 12.1. The van der Waals surface area contributed by atoms with Crippen LogP contribution in [0.4, 0.5) is 5.95 Å². The Morgan fingerprint density at radius 3 is 2.74 bits per heavy atom. The summed E-state index contributed by atoms with van der Waals surface area (Å²) >= 11 is 5.73. The predicted molar refractivity (Wildman–Crippen MR) is 67.7 cm³/mol. The van der Waals surface area contributed by atoms with Crippen molar-refractivity contribution in [3.8, 4) is 5.88 Å². The number of aromatic amines is 1. The first-order valence-corrected chi connectivity index (χ1v) is 6.90. The van der Waals surface area contributed by atoms with E-state index >= 15 is 0 Å². The van der Waals surface area contributed by atoms with E-state index in [2.05, 4.69) is 24.9 Å². The highest BCUT2D eigenvalue weighted by Crippen LogP contribution is 2.19. The zero-order valence-corrected chi connectivity index (χ0v) is 11.6. The molecule has 2 aromatic heterocycles. The standard InChI is InChI=1S/C9H10ClN5O3S/c1-5-6(4-11-14-5)19(16,17)15-9-12-7(10)3-8(13-9)18-2/h3-4H,1-2H3,(H,11,14)(H,12,13,15). The molecule has 0 unspecified atom stereocenters. The molecule has 2 N–H and O–H groups in total. The van der Waals surface area contributed by atoms with Gasteiger partial charge in [0.15, 0.2) is 0 Å². The Balaban J connectivity index is 2.36. The fourth-order valence-corrected chi connectivity index (χ4v) is 2.59. The van der Waals surface area contributed by atoms with Crippen molar-refractivity contribution in [3.05, 3.63) is 23.1 Å². The lowest BCUT2D eigenvalue weighted by atomic mass is 10.5. The van der Waals surface area contributed by atoms with Crippen LogP contribution in [0.2, 0.25) is 5.15 Å². The first-order chi connectivity index (χ1) is 8.92. The van der Waals surface area contributed by atoms with Crippen molar-refractivity contribution in [1.82, 2.24) is 20.2 Å². The maximum atomic E-state index is 12.1. The lowest BCUT2D eigenvalue weighted by molar-refractivity contribution is 0.397. The Hall–Kier alpha value is -1.87. The van der Waals surface area contributed by atoms with Gasteiger partial charge in [-0.25, -0.2) is 18.1 Å². The molecule has 10 heteroatoms. The first kappa shape index (κ1) is 13.6. The molecule has 0 aromatic carbocycles. The first-order valence-electron chi connectivity index (χ1n) is 5.04. The van der Waals surface area contributed by atoms with Gasteiger partial charge in [0, 0.05) is 6.07 Å². The van der Waals surface area contributed by atoms with Gasteiger partial charge in [-0.05, 0) is 6.92 Å². The van der Waals surface area contributed by atoms with E-state index in [0.717, 1.165) is 0 Å². The number of anilines is 1. The molecule has 0 saturated heterocycles. The van der Waals surface area contributed by atoms with Crippen LogP contribution >= 0.6 is 11.6 Å². The van der Waals surface area contributed by atoms with E-state index in [-0.39, 0.29) is 21.9 Å². The number of nitrogens with zero attached hydrogens (tertiary/aromatic N) is 3. The van der Waals surface area contributed by atoms with Crippen LogP contribution in [-0.2, 0) is 10.0 Å². The summed E-state index contributed by atoms with van der Waals surface area (Å²) in [4.78, 5) is 7.61. The van der Waals surface area contributed by atoms with Crippen LogP contribution < -0.4 is 9.46 Å². The van der Waals surface area contributed by atoms with Crippen LogP contribution in [0.3, 0.4) is 0 Å². The minimum atomic E-state index is -3.83. The van der Waals surface area contributed by atoms with Crippen molar-refractivity contribution in [2.75, 3.05) is 11.8 Å². The van der Waals surface area contributed by atoms with Gasteiger partial charge < -0.3 is 4.74 Å². The van der Waals surface area contributed by atoms with Gasteiger partial charge >= 0.3 is 0 Å². The van der Waals surface area contributed by atoms with Crippen molar-refractivity contribution in [2.24, 2.45) is 0 Å². The molecule has 0 atom stereocenters. The van der Waals surface area contributed by atoms with Crippen LogP contribution in [0, 0.1) is 6.92 Å². The number of nitrogens with one attached hydrogen (secondary N) is 2. The lowest BCUT2D eigenvalue weighted by Gasteiger charge is -2.07. The second-order valence-electron chi connectivity index (χ2n) is 3.52. The largest absolute Gasteiger partial charge is 0.481 e. The molecule has 0 aliphatic heterocycles. The van der Waals surface area contributed by atoms with Crippen LogP contribution in [0.25, 0.3) is 0 Å². The van der Waals surface area contributed by atoms with Crippen molar-refractivity contribution in [2.45, 2.75) is 11.8 Å². The number of aryl methyl sites for hydroxylation is 1. The molecule has 8 nitrogen and oxygen atoms in total. The molecule has 0 radical (unpaired) electrons. The second kappa shape index (κ2) is 5.02. The van der Waals surface area contributed by atoms with E-state index in [1.165, 1.54) is 19.4 Å². The summed E-state index contributed by atoms with van der Waals surface area (Å²) in [6.45, 7) is 1.58. The average molecular weight is 304 g/mol. The number of rotatable bonds is 4. The minimum absolute atomic E-state index is 0.00930. The van der Waals surface area contributed by atoms with Crippen molar-refractivity contribution >= 4 is 27.6 Å². The summed E-state index contributed by atoms with van der Waals surface area (Å²) < 4.78 is 31.2. The zero-order valence-electron chi connectivity index (χ0n) is 10.0. The Morgan fingerprint density at radius 1 is 1.42 bits per heavy atom. The molecule has 0 spiro atoms. The predicted octanol–water partition coefficient (Wildman–Crippen LogP) is 0.971. The number of aromatic nitrogens is 4. The molecule has 0 bridgehead atoms. The second-order valence-corrected chi connectivity index (χ2v) is 5.56. The molecular weight excluding hydrogens is 294 g/mol. The highest BCUT2D eigenvalue weighted by Gasteiger charge is 2.20. The minimum Gasteiger partial charge on any atom is -0.481 e. The van der Waals surface area contributed by atoms with Crippen LogP contribution in [0.1, 0.15) is 5.69 Å². The van der Waals surface area contributed by atoms with Crippen molar-refractivity contribution in [3.63, 3.8) is 0 Å². The molecule has 0 amide bonds. The highest BCUT2D eigenvalue weighted by atomic mass is 35.5. The Labute approximate surface area is 114 Å². The van der Waals surface area contributed by atoms with Gasteiger partial charge in [-0.2, -0.15) is 10.1 Å². The van der Waals surface area contributed by atoms with Crippen molar-refractivity contribution < 1.29 is 13.2 Å². The van der Waals surface area contributed by atoms with Gasteiger partial charge in [-0.1, -0.05) is 11.6 Å². The monoisotopic (exact) mass is 303 g/mol. The van der Waals surface area contributed by atoms with Crippen LogP contribution in [0.5, 0.6) is 5.88 Å². The number of hydrogen-bond acceptors (Lipinski definition) is 6. The topological polar surface area (TPSA) is 110 Å². The Bertz CT molecular complexity index is 700. The van der Waals surface area contributed by atoms with E-state index < -0.39 is 10.0 Å². The lowest BCUT2D eigenvalue weighted by Crippen LogP contribution is -2.15. The summed E-state index contributed by atoms with van der Waals surface area (Å²) in [5.74, 6) is -0.0217. The van der Waals surface area contributed by atoms with Gasteiger partial charge in [0.05, 0.1) is 19.0 Å². The van der Waals surface area contributed by atoms with Gasteiger partial charge in [-0.15, -0.1) is 0 Å². The third-order valence-electron chi connectivity index (χ3n) is 2.18. The molecule has 102 valence electrons. The van der Waals surface area contributed by atoms with E-state index in [1.54, 1.807) is 6.92 Å². The number of methoxy groups -OCH3 is 1. The summed E-state index contributed by atoms with van der Waals surface area (Å²) in [7, 11) is -2.44. The highest BCUT2D eigenvalue weighted by molar-refractivity contribution is 7.92. The Kier molecular flexibility index (Phi) is 3.58. The summed E-state index contributed by atoms with van der Waals surface area (Å²) in [5.41, 5.74) is 0.404. The molecular formula is C9H10ClN5O3S. The zero-order chi connectivity index (χ0) is 14.0. The van der Waals surface area contributed by atoms with Gasteiger partial charge in [0.25, 0.3) is 10.0 Å². The van der Waals surface area contributed by atoms with E-state index in [1.807, 2.05) is 0 Å². The quantitative estimate of drug-likeness (QED) is 0.814. The number of hydrogen-bond donors (Lipinski definition) is 2. The SMILES string of the molecule is COc1cc(Cl)nc(NS(=O)(=O)c2cn[nH]c2C)n1. The fourth-order valence-electron chi connectivity index (χ4n) is 1.33. The molecule has 19 heavy (non-hydrogen) atoms. The number of halogens is 1. The maximum Gasteiger partial charge on any atom is 0.267 e. The van der Waals surface area contributed by atoms with Gasteiger partial charge in [-0.3, -0.25) is 5.10 Å². The van der Waals surface area contributed by atoms with Crippen LogP contribution in [0.15, 0.2) is 17.2 Å². The number of sulfonamides is 1. The van der Waals surface area contributed by atoms with E-state index in [0.29, 0.717) is 5.69 Å². The Morgan fingerprint density at radius 2 is 2.16 bits per heavy atom. The van der Waals surface area contributed by atoms with Gasteiger partial charge in [0.2, 0.25) is 11.8 Å². The summed E-state index contributed by atoms with van der Waals surface area (Å²) in [5, 5.41) is 6.24. The van der Waals surface area contributed by atoms with Crippen LogP contribution in [-0.4, -0.2) is 35.7 Å². The third kappa shape index (κ3) is 2.93. The average Bonchev–Trinajstić information content (AvgIpc) is 2.74. The summed E-state index contributed by atoms with van der Waals surface area (Å²) in [6.07, 6.45) is 1.19. The molecule has 0 aliphatic rings. The molecule has 0 aliphatic carbocycles. The van der Waals surface area contributed by atoms with E-state index in [4.69, 9.17) is 16.3 Å². The number of H-pyrrole nitrogens is 1. The van der Waals surface area contributed by atoms with E-state index in [9.17, 15) is 8.42 Å². The summed E-state index contributed by atoms with van der Waals surface area (Å²) in [6, 6.07) is 1.36.